The van der Waals surface area contributed by atoms with Gasteiger partial charge in [0, 0.05) is 76.9 Å². The maximum atomic E-state index is 14.6. The molecule has 74 heavy (non-hydrogen) atoms. The molecule has 0 aliphatic carbocycles. The zero-order chi connectivity index (χ0) is 53.2. The number of amides is 8. The minimum absolute atomic E-state index is 0.0778. The Labute approximate surface area is 434 Å². The average Bonchev–Trinajstić information content (AvgIpc) is 3.80. The number of carbonyl (C=O) groups is 8. The molecule has 2 aliphatic heterocycles. The third-order valence-electron chi connectivity index (χ3n) is 13.2. The van der Waals surface area contributed by atoms with Crippen LogP contribution in [0.1, 0.15) is 107 Å². The van der Waals surface area contributed by atoms with Gasteiger partial charge in [0.25, 0.3) is 0 Å². The van der Waals surface area contributed by atoms with E-state index >= 15 is 0 Å². The van der Waals surface area contributed by atoms with Gasteiger partial charge in [0.05, 0.1) is 12.1 Å². The molecular formula is C55H75N11O8. The highest BCUT2D eigenvalue weighted by Crippen LogP contribution is 2.34. The van der Waals surface area contributed by atoms with E-state index < -0.39 is 59.9 Å². The summed E-state index contributed by atoms with van der Waals surface area (Å²) in [4.78, 5) is 108. The second kappa shape index (κ2) is 30.8. The Morgan fingerprint density at radius 1 is 0.662 bits per heavy atom. The van der Waals surface area contributed by atoms with E-state index in [2.05, 4.69) is 59.7 Å². The van der Waals surface area contributed by atoms with Crippen molar-refractivity contribution < 1.29 is 38.4 Å². The molecule has 11 N–H and O–H groups in total. The molecule has 19 heteroatoms. The van der Waals surface area contributed by atoms with Crippen LogP contribution in [0.15, 0.2) is 91.0 Å². The van der Waals surface area contributed by atoms with E-state index in [4.69, 9.17) is 5.73 Å². The van der Waals surface area contributed by atoms with E-state index in [1.807, 2.05) is 43.3 Å². The zero-order valence-electron chi connectivity index (χ0n) is 42.9. The first-order chi connectivity index (χ1) is 35.8. The molecule has 0 spiro atoms. The highest BCUT2D eigenvalue weighted by molar-refractivity contribution is 5.96. The predicted octanol–water partition coefficient (Wildman–Crippen LogP) is 1.51. The molecule has 2 heterocycles. The summed E-state index contributed by atoms with van der Waals surface area (Å²) in [6.07, 6.45) is 4.29. The lowest BCUT2D eigenvalue weighted by atomic mass is 9.92. The van der Waals surface area contributed by atoms with Gasteiger partial charge in [-0.05, 0) is 62.8 Å². The van der Waals surface area contributed by atoms with Gasteiger partial charge >= 0.3 is 0 Å². The smallest absolute Gasteiger partial charge is 0.247 e. The van der Waals surface area contributed by atoms with Crippen LogP contribution in [0.2, 0.25) is 0 Å². The molecule has 0 unspecified atom stereocenters. The third-order valence-corrected chi connectivity index (χ3v) is 13.2. The Kier molecular flexibility index (Phi) is 24.0. The molecule has 0 saturated carbocycles. The number of benzene rings is 3. The minimum atomic E-state index is -1.09. The van der Waals surface area contributed by atoms with Gasteiger partial charge in [0.2, 0.25) is 47.3 Å². The van der Waals surface area contributed by atoms with E-state index in [9.17, 15) is 38.4 Å². The maximum Gasteiger partial charge on any atom is 0.247 e. The summed E-state index contributed by atoms with van der Waals surface area (Å²) in [6, 6.07) is 22.3. The summed E-state index contributed by atoms with van der Waals surface area (Å²) >= 11 is 0. The van der Waals surface area contributed by atoms with Crippen LogP contribution in [-0.2, 0) is 44.9 Å². The van der Waals surface area contributed by atoms with E-state index in [0.717, 1.165) is 12.0 Å². The standard InChI is InChI=1S/C55H75N11O8/c1-4-18-43(56)51(70)63-47(39-21-12-8-13-22-39)53(72)61-33-31-59-45(67)25-16-5-6-17-26-46(68)60-32-34-62-54(73)48(40-23-14-9-15-24-40)64-52(71)44-30-29-42-28-27-41(36-58-35-38-19-10-7-11-20-38)49(55(74)66(42)44)65-50(69)37(2)57-3/h7-15,19-24,37,41-44,47-49,57-58H,4,16-18,25-36,56H2,1-3H3,(H,59,67)(H,60,68)(H,61,72)(H,62,73)(H,63,70)(H,64,71)(H,65,69)/t37-,41+,42-,43-,44-,47-,48-,49-/m0/s1. The fraction of sp³-hybridized carbons (Fsp3) is 0.491. The summed E-state index contributed by atoms with van der Waals surface area (Å²) in [6.45, 7) is 5.23. The Morgan fingerprint density at radius 3 is 1.72 bits per heavy atom. The molecule has 3 aromatic rings. The topological polar surface area (TPSA) is 274 Å². The second-order valence-electron chi connectivity index (χ2n) is 18.7. The summed E-state index contributed by atoms with van der Waals surface area (Å²) in [5, 5.41) is 26.1. The van der Waals surface area contributed by atoms with Crippen molar-refractivity contribution in [1.82, 2.24) is 52.8 Å². The first-order valence-corrected chi connectivity index (χ1v) is 25.9. The summed E-state index contributed by atoms with van der Waals surface area (Å²) in [5.41, 5.74) is 8.20. The Bertz CT molecular complexity index is 2380. The number of nitrogens with two attached hydrogens (primary N) is 1. The van der Waals surface area contributed by atoms with E-state index in [1.54, 1.807) is 73.5 Å². The van der Waals surface area contributed by atoms with E-state index in [1.165, 1.54) is 0 Å². The van der Waals surface area contributed by atoms with E-state index in [0.29, 0.717) is 56.3 Å². The molecule has 5 rings (SSSR count). The maximum absolute atomic E-state index is 14.6. The quantitative estimate of drug-likeness (QED) is 0.0386. The van der Waals surface area contributed by atoms with Crippen LogP contribution in [0.5, 0.6) is 0 Å². The van der Waals surface area contributed by atoms with Crippen molar-refractivity contribution in [1.29, 1.82) is 0 Å². The van der Waals surface area contributed by atoms with Crippen LogP contribution in [0.4, 0.5) is 0 Å². The molecule has 8 amide bonds. The van der Waals surface area contributed by atoms with Crippen LogP contribution in [0, 0.1) is 17.8 Å². The number of nitrogens with zero attached hydrogens (tertiary/aromatic N) is 1. The highest BCUT2D eigenvalue weighted by Gasteiger charge is 2.48. The largest absolute Gasteiger partial charge is 0.354 e. The van der Waals surface area contributed by atoms with Crippen molar-refractivity contribution in [2.75, 3.05) is 39.8 Å². The molecule has 2 aliphatic rings. The number of nitrogens with one attached hydrogen (secondary N) is 9. The highest BCUT2D eigenvalue weighted by atomic mass is 16.2. The third kappa shape index (κ3) is 18.1. The van der Waals surface area contributed by atoms with Crippen molar-refractivity contribution in [3.05, 3.63) is 108 Å². The fourth-order valence-electron chi connectivity index (χ4n) is 9.01. The first kappa shape index (κ1) is 57.8. The van der Waals surface area contributed by atoms with E-state index in [-0.39, 0.29) is 87.5 Å². The number of rotatable bonds is 27. The summed E-state index contributed by atoms with van der Waals surface area (Å²) < 4.78 is 0. The molecular weight excluding hydrogens is 943 g/mol. The van der Waals surface area contributed by atoms with Gasteiger partial charge in [-0.1, -0.05) is 104 Å². The lowest BCUT2D eigenvalue weighted by Crippen LogP contribution is -2.59. The Balaban J connectivity index is 1.04. The van der Waals surface area contributed by atoms with Gasteiger partial charge < -0.3 is 58.5 Å². The SMILES string of the molecule is CCC[C@H](N)C(=O)N[C@H](C(=O)NCCNC(=O)CCC#CCCC(=O)NCCNC(=O)[C@@H](NC(=O)[C@@H]1CC[C@@H]2CC[C@H](CNCc3ccccc3)[C@H](NC(=O)[C@H](C)NC)C(=O)N21)c1ccccc1)c1ccccc1. The van der Waals surface area contributed by atoms with Crippen LogP contribution >= 0.6 is 0 Å². The first-order valence-electron chi connectivity index (χ1n) is 25.9. The number of hydrogen-bond acceptors (Lipinski definition) is 11. The Hall–Kier alpha value is -7.14. The molecule has 0 bridgehead atoms. The van der Waals surface area contributed by atoms with Crippen LogP contribution in [0.25, 0.3) is 0 Å². The molecule has 2 fully saturated rings. The number of likely N-dealkylation sites (N-methyl/N-ethyl adjacent to an activating group) is 1. The van der Waals surface area contributed by atoms with Gasteiger partial charge in [0.1, 0.15) is 24.2 Å². The second-order valence-corrected chi connectivity index (χ2v) is 18.7. The van der Waals surface area contributed by atoms with Crippen molar-refractivity contribution in [3.63, 3.8) is 0 Å². The van der Waals surface area contributed by atoms with Crippen molar-refractivity contribution in [2.45, 2.75) is 127 Å². The summed E-state index contributed by atoms with van der Waals surface area (Å²) in [5.74, 6) is 2.60. The van der Waals surface area contributed by atoms with Crippen molar-refractivity contribution >= 4 is 47.3 Å². The molecule has 19 nitrogen and oxygen atoms in total. The number of carbonyl (C=O) groups excluding carboxylic acids is 8. The van der Waals surface area contributed by atoms with Crippen molar-refractivity contribution in [2.24, 2.45) is 11.7 Å². The molecule has 0 radical (unpaired) electrons. The monoisotopic (exact) mass is 1020 g/mol. The van der Waals surface area contributed by atoms with Crippen molar-refractivity contribution in [3.8, 4) is 11.8 Å². The average molecular weight is 1020 g/mol. The minimum Gasteiger partial charge on any atom is -0.354 e. The molecule has 398 valence electrons. The molecule has 0 aromatic heterocycles. The van der Waals surface area contributed by atoms with Gasteiger partial charge in [-0.3, -0.25) is 38.4 Å². The molecule has 2 saturated heterocycles. The van der Waals surface area contributed by atoms with Crippen LogP contribution in [0.3, 0.4) is 0 Å². The Morgan fingerprint density at radius 2 is 1.18 bits per heavy atom. The van der Waals surface area contributed by atoms with Gasteiger partial charge in [-0.15, -0.1) is 11.8 Å². The van der Waals surface area contributed by atoms with Gasteiger partial charge in [-0.2, -0.15) is 0 Å². The van der Waals surface area contributed by atoms with Gasteiger partial charge in [-0.25, -0.2) is 0 Å². The lowest BCUT2D eigenvalue weighted by Gasteiger charge is -2.33. The lowest BCUT2D eigenvalue weighted by molar-refractivity contribution is -0.144. The fourth-order valence-corrected chi connectivity index (χ4v) is 9.01. The summed E-state index contributed by atoms with van der Waals surface area (Å²) in [7, 11) is 1.68. The zero-order valence-corrected chi connectivity index (χ0v) is 42.9. The number of fused-ring (bicyclic) bond motifs is 1. The molecule has 8 atom stereocenters. The van der Waals surface area contributed by atoms with Gasteiger partial charge in [0.15, 0.2) is 0 Å². The van der Waals surface area contributed by atoms with Crippen LogP contribution in [-0.4, -0.2) is 122 Å². The number of hydrogen-bond donors (Lipinski definition) is 10. The normalized spacial score (nSPS) is 18.6. The van der Waals surface area contributed by atoms with Crippen LogP contribution < -0.4 is 53.6 Å². The predicted molar refractivity (Wildman–Crippen MR) is 281 cm³/mol. The molecule has 3 aromatic carbocycles.